The average Bonchev–Trinajstić information content (AvgIpc) is 3.14. The molecular weight excluding hydrogens is 348 g/mol. The van der Waals surface area contributed by atoms with E-state index in [4.69, 9.17) is 27.1 Å². The van der Waals surface area contributed by atoms with Gasteiger partial charge in [0.1, 0.15) is 17.3 Å². The third-order valence-corrected chi connectivity index (χ3v) is 3.83. The van der Waals surface area contributed by atoms with Crippen LogP contribution in [0.15, 0.2) is 70.3 Å². The van der Waals surface area contributed by atoms with Gasteiger partial charge in [-0.2, -0.15) is 5.10 Å². The Morgan fingerprint density at radius 2 is 2.04 bits per heavy atom. The normalized spacial score (nSPS) is 10.8. The number of hydrazone groups is 1. The Morgan fingerprint density at radius 1 is 1.23 bits per heavy atom. The van der Waals surface area contributed by atoms with Gasteiger partial charge in [0.25, 0.3) is 0 Å². The van der Waals surface area contributed by atoms with Crippen LogP contribution >= 0.6 is 12.2 Å². The first-order chi connectivity index (χ1) is 12.7. The Morgan fingerprint density at radius 3 is 2.77 bits per heavy atom. The highest BCUT2D eigenvalue weighted by Gasteiger charge is 2.10. The number of benzene rings is 1. The summed E-state index contributed by atoms with van der Waals surface area (Å²) >= 11 is 5.06. The van der Waals surface area contributed by atoms with E-state index < -0.39 is 0 Å². The molecule has 0 bridgehead atoms. The Hall–Kier alpha value is -3.19. The van der Waals surface area contributed by atoms with Crippen molar-refractivity contribution in [1.29, 1.82) is 0 Å². The Bertz CT molecular complexity index is 909. The highest BCUT2D eigenvalue weighted by atomic mass is 32.1. The summed E-state index contributed by atoms with van der Waals surface area (Å²) in [5.41, 5.74) is 7.43. The van der Waals surface area contributed by atoms with E-state index in [-0.39, 0.29) is 5.11 Å². The second-order valence-corrected chi connectivity index (χ2v) is 5.78. The number of aromatic nitrogens is 1. The monoisotopic (exact) mass is 366 g/mol. The fourth-order valence-electron chi connectivity index (χ4n) is 2.36. The second kappa shape index (κ2) is 8.26. The van der Waals surface area contributed by atoms with Crippen molar-refractivity contribution in [2.45, 2.75) is 6.54 Å². The molecule has 0 saturated heterocycles. The molecule has 26 heavy (non-hydrogen) atoms. The van der Waals surface area contributed by atoms with Crippen LogP contribution in [0.5, 0.6) is 5.75 Å². The molecule has 7 heteroatoms. The summed E-state index contributed by atoms with van der Waals surface area (Å²) in [7, 11) is 1.63. The number of hydrogen-bond donors (Lipinski definition) is 1. The average molecular weight is 366 g/mol. The maximum Gasteiger partial charge on any atom is 0.187 e. The zero-order valence-corrected chi connectivity index (χ0v) is 15.0. The molecule has 6 nitrogen and oxygen atoms in total. The molecule has 0 amide bonds. The number of ether oxygens (including phenoxy) is 1. The van der Waals surface area contributed by atoms with Crippen molar-refractivity contribution >= 4 is 23.5 Å². The van der Waals surface area contributed by atoms with E-state index in [1.807, 2.05) is 54.6 Å². The Labute approximate surface area is 156 Å². The van der Waals surface area contributed by atoms with Crippen molar-refractivity contribution in [3.05, 3.63) is 72.2 Å². The van der Waals surface area contributed by atoms with Gasteiger partial charge in [0.05, 0.1) is 31.1 Å². The molecule has 0 fully saturated rings. The van der Waals surface area contributed by atoms with E-state index in [1.54, 1.807) is 19.5 Å². The summed E-state index contributed by atoms with van der Waals surface area (Å²) in [6, 6.07) is 17.0. The van der Waals surface area contributed by atoms with E-state index in [2.05, 4.69) is 10.1 Å². The molecule has 3 aromatic rings. The van der Waals surface area contributed by atoms with Gasteiger partial charge in [-0.1, -0.05) is 18.2 Å². The molecule has 0 aliphatic rings. The predicted octanol–water partition coefficient (Wildman–Crippen LogP) is 3.43. The number of pyridine rings is 1. The molecule has 0 radical (unpaired) electrons. The molecule has 1 aromatic carbocycles. The van der Waals surface area contributed by atoms with Crippen molar-refractivity contribution in [3.63, 3.8) is 0 Å². The van der Waals surface area contributed by atoms with Crippen LogP contribution in [0.4, 0.5) is 0 Å². The van der Waals surface area contributed by atoms with Gasteiger partial charge in [0, 0.05) is 6.20 Å². The van der Waals surface area contributed by atoms with E-state index in [9.17, 15) is 0 Å². The highest BCUT2D eigenvalue weighted by molar-refractivity contribution is 7.80. The molecule has 3 rings (SSSR count). The van der Waals surface area contributed by atoms with Crippen molar-refractivity contribution in [2.75, 3.05) is 7.11 Å². The smallest absolute Gasteiger partial charge is 0.187 e. The van der Waals surface area contributed by atoms with Gasteiger partial charge in [-0.3, -0.25) is 4.98 Å². The lowest BCUT2D eigenvalue weighted by Gasteiger charge is -2.15. The predicted molar refractivity (Wildman–Crippen MR) is 105 cm³/mol. The molecule has 2 N–H and O–H groups in total. The minimum atomic E-state index is 0.156. The largest absolute Gasteiger partial charge is 0.496 e. The topological polar surface area (TPSA) is 76.9 Å². The molecule has 0 aliphatic heterocycles. The van der Waals surface area contributed by atoms with Crippen LogP contribution < -0.4 is 10.5 Å². The molecule has 132 valence electrons. The number of furan rings is 1. The Kier molecular flexibility index (Phi) is 5.60. The minimum absolute atomic E-state index is 0.156. The van der Waals surface area contributed by atoms with Crippen LogP contribution in [0.25, 0.3) is 11.3 Å². The van der Waals surface area contributed by atoms with Crippen LogP contribution in [0.2, 0.25) is 0 Å². The van der Waals surface area contributed by atoms with E-state index in [1.165, 1.54) is 5.01 Å². The summed E-state index contributed by atoms with van der Waals surface area (Å²) in [5.74, 6) is 2.01. The zero-order chi connectivity index (χ0) is 18.4. The molecule has 0 unspecified atom stereocenters. The van der Waals surface area contributed by atoms with Crippen LogP contribution in [0.1, 0.15) is 11.5 Å². The summed E-state index contributed by atoms with van der Waals surface area (Å²) in [6.07, 6.45) is 3.28. The lowest BCUT2D eigenvalue weighted by molar-refractivity contribution is 0.414. The van der Waals surface area contributed by atoms with Crippen molar-refractivity contribution < 1.29 is 9.15 Å². The number of hydrogen-bond acceptors (Lipinski definition) is 5. The molecule has 0 aliphatic carbocycles. The molecule has 0 spiro atoms. The second-order valence-electron chi connectivity index (χ2n) is 5.36. The number of thiocarbonyl (C=S) groups is 1. The van der Waals surface area contributed by atoms with Gasteiger partial charge >= 0.3 is 0 Å². The van der Waals surface area contributed by atoms with Crippen LogP contribution in [-0.2, 0) is 6.54 Å². The lowest BCUT2D eigenvalue weighted by atomic mass is 10.1. The molecule has 2 heterocycles. The maximum atomic E-state index is 5.84. The van der Waals surface area contributed by atoms with Gasteiger partial charge in [0.2, 0.25) is 0 Å². The molecule has 0 atom stereocenters. The fourth-order valence-corrected chi connectivity index (χ4v) is 2.47. The lowest BCUT2D eigenvalue weighted by Crippen LogP contribution is -2.30. The number of nitrogens with two attached hydrogens (primary N) is 1. The fraction of sp³-hybridized carbons (Fsp3) is 0.105. The number of para-hydroxylation sites is 1. The van der Waals surface area contributed by atoms with Crippen LogP contribution in [0, 0.1) is 0 Å². The maximum absolute atomic E-state index is 5.84. The van der Waals surface area contributed by atoms with Gasteiger partial charge in [-0.05, 0) is 48.6 Å². The zero-order valence-electron chi connectivity index (χ0n) is 14.2. The standard InChI is InChI=1S/C19H18N4O2S/c1-24-17-8-3-2-7-16(17)18-10-9-15(25-18)12-22-23(19(20)26)13-14-6-4-5-11-21-14/h2-12H,13H2,1H3,(H2,20,26). The first kappa shape index (κ1) is 17.6. The quantitative estimate of drug-likeness (QED) is 0.409. The van der Waals surface area contributed by atoms with E-state index in [0.717, 1.165) is 17.0 Å². The summed E-state index contributed by atoms with van der Waals surface area (Å²) in [5, 5.41) is 5.96. The Balaban J connectivity index is 1.77. The van der Waals surface area contributed by atoms with Crippen molar-refractivity contribution in [1.82, 2.24) is 9.99 Å². The SMILES string of the molecule is COc1ccccc1-c1ccc(C=NN(Cc2ccccn2)C(N)=S)o1. The van der Waals surface area contributed by atoms with Gasteiger partial charge in [-0.15, -0.1) is 0 Å². The third-order valence-electron chi connectivity index (χ3n) is 3.62. The van der Waals surface area contributed by atoms with Gasteiger partial charge in [-0.25, -0.2) is 5.01 Å². The molecular formula is C19H18N4O2S. The van der Waals surface area contributed by atoms with Gasteiger partial charge < -0.3 is 14.9 Å². The highest BCUT2D eigenvalue weighted by Crippen LogP contribution is 2.30. The minimum Gasteiger partial charge on any atom is -0.496 e. The first-order valence-corrected chi connectivity index (χ1v) is 8.32. The van der Waals surface area contributed by atoms with Crippen molar-refractivity contribution in [2.24, 2.45) is 10.8 Å². The van der Waals surface area contributed by atoms with Gasteiger partial charge in [0.15, 0.2) is 5.11 Å². The van der Waals surface area contributed by atoms with E-state index >= 15 is 0 Å². The van der Waals surface area contributed by atoms with Crippen molar-refractivity contribution in [3.8, 4) is 17.1 Å². The first-order valence-electron chi connectivity index (χ1n) is 7.91. The number of methoxy groups -OCH3 is 1. The number of nitrogens with zero attached hydrogens (tertiary/aromatic N) is 3. The summed E-state index contributed by atoms with van der Waals surface area (Å²) in [6.45, 7) is 0.382. The van der Waals surface area contributed by atoms with Crippen LogP contribution in [0.3, 0.4) is 0 Å². The number of rotatable bonds is 6. The molecule has 2 aromatic heterocycles. The third kappa shape index (κ3) is 4.25. The molecule has 0 saturated carbocycles. The van der Waals surface area contributed by atoms with Crippen LogP contribution in [-0.4, -0.2) is 28.4 Å². The van der Waals surface area contributed by atoms with E-state index in [0.29, 0.717) is 18.1 Å². The summed E-state index contributed by atoms with van der Waals surface area (Å²) in [4.78, 5) is 4.25. The summed E-state index contributed by atoms with van der Waals surface area (Å²) < 4.78 is 11.2.